The zero-order chi connectivity index (χ0) is 26.7. The molecule has 4 amide bonds. The molecule has 0 bridgehead atoms. The molecule has 3 aromatic carbocycles. The summed E-state index contributed by atoms with van der Waals surface area (Å²) in [5, 5.41) is 11.5. The number of nitrogens with one attached hydrogen (secondary N) is 1. The van der Waals surface area contributed by atoms with Gasteiger partial charge < -0.3 is 9.47 Å². The van der Waals surface area contributed by atoms with Gasteiger partial charge in [-0.3, -0.25) is 14.9 Å². The second kappa shape index (κ2) is 10.7. The number of halogens is 1. The van der Waals surface area contributed by atoms with Crippen molar-refractivity contribution in [1.82, 2.24) is 5.32 Å². The fourth-order valence-electron chi connectivity index (χ4n) is 3.76. The molecule has 37 heavy (non-hydrogen) atoms. The van der Waals surface area contributed by atoms with E-state index < -0.39 is 17.8 Å². The third-order valence-electron chi connectivity index (χ3n) is 5.95. The zero-order valence-corrected chi connectivity index (χ0v) is 21.9. The Labute approximate surface area is 222 Å². The van der Waals surface area contributed by atoms with Gasteiger partial charge in [-0.25, -0.2) is 9.69 Å². The lowest BCUT2D eigenvalue weighted by molar-refractivity contribution is -0.122. The minimum Gasteiger partial charge on any atom is -0.493 e. The maximum absolute atomic E-state index is 13.3. The van der Waals surface area contributed by atoms with Gasteiger partial charge in [-0.05, 0) is 66.9 Å². The van der Waals surface area contributed by atoms with E-state index in [1.165, 1.54) is 13.2 Å². The average Bonchev–Trinajstić information content (AvgIpc) is 2.88. The molecule has 0 aliphatic carbocycles. The lowest BCUT2D eigenvalue weighted by Crippen LogP contribution is -2.54. The molecule has 0 aromatic heterocycles. The van der Waals surface area contributed by atoms with Gasteiger partial charge in [0.1, 0.15) is 12.2 Å². The van der Waals surface area contributed by atoms with E-state index in [4.69, 9.17) is 9.47 Å². The van der Waals surface area contributed by atoms with Crippen molar-refractivity contribution >= 4 is 45.5 Å². The van der Waals surface area contributed by atoms with Gasteiger partial charge in [-0.15, -0.1) is 0 Å². The van der Waals surface area contributed by atoms with Crippen LogP contribution in [-0.4, -0.2) is 25.0 Å². The first-order chi connectivity index (χ1) is 17.7. The number of urea groups is 1. The first-order valence-corrected chi connectivity index (χ1v) is 12.0. The Kier molecular flexibility index (Phi) is 7.41. The van der Waals surface area contributed by atoms with Crippen molar-refractivity contribution in [2.45, 2.75) is 20.5 Å². The van der Waals surface area contributed by atoms with E-state index >= 15 is 0 Å². The summed E-state index contributed by atoms with van der Waals surface area (Å²) in [5.41, 5.74) is 3.76. The van der Waals surface area contributed by atoms with Crippen LogP contribution in [-0.2, 0) is 16.2 Å². The predicted molar refractivity (Wildman–Crippen MR) is 141 cm³/mol. The van der Waals surface area contributed by atoms with Crippen LogP contribution in [0.2, 0.25) is 0 Å². The number of barbiturate groups is 1. The molecular formula is C28H22BrN3O5. The number of benzene rings is 3. The predicted octanol–water partition coefficient (Wildman–Crippen LogP) is 5.19. The van der Waals surface area contributed by atoms with Crippen molar-refractivity contribution in [1.29, 1.82) is 5.26 Å². The molecule has 1 aliphatic rings. The van der Waals surface area contributed by atoms with E-state index in [1.54, 1.807) is 48.5 Å². The van der Waals surface area contributed by atoms with E-state index in [0.29, 0.717) is 32.8 Å². The number of nitriles is 1. The number of rotatable bonds is 6. The Morgan fingerprint density at radius 2 is 1.78 bits per heavy atom. The molecule has 1 heterocycles. The number of ether oxygens (including phenoxy) is 2. The Balaban J connectivity index is 1.66. The Bertz CT molecular complexity index is 1510. The molecule has 8 nitrogen and oxygen atoms in total. The van der Waals surface area contributed by atoms with E-state index in [0.717, 1.165) is 21.6 Å². The molecule has 3 aromatic rings. The van der Waals surface area contributed by atoms with Crippen molar-refractivity contribution in [2.24, 2.45) is 0 Å². The van der Waals surface area contributed by atoms with E-state index in [1.807, 2.05) is 19.9 Å². The van der Waals surface area contributed by atoms with Crippen LogP contribution in [0.25, 0.3) is 6.08 Å². The van der Waals surface area contributed by atoms with E-state index in [2.05, 4.69) is 27.3 Å². The van der Waals surface area contributed by atoms with Crippen LogP contribution in [0, 0.1) is 25.2 Å². The second-order valence-corrected chi connectivity index (χ2v) is 9.16. The van der Waals surface area contributed by atoms with Crippen molar-refractivity contribution < 1.29 is 23.9 Å². The van der Waals surface area contributed by atoms with Crippen LogP contribution in [0.4, 0.5) is 10.5 Å². The minimum absolute atomic E-state index is 0.140. The summed E-state index contributed by atoms with van der Waals surface area (Å²) in [7, 11) is 1.47. The molecular weight excluding hydrogens is 538 g/mol. The summed E-state index contributed by atoms with van der Waals surface area (Å²) in [5.74, 6) is -0.781. The number of hydrogen-bond acceptors (Lipinski definition) is 6. The molecule has 0 unspecified atom stereocenters. The number of methoxy groups -OCH3 is 1. The maximum atomic E-state index is 13.3. The molecule has 0 spiro atoms. The standard InChI is InChI=1S/C28H22BrN3O5/c1-16-8-9-21(10-17(16)2)32-27(34)22(26(33)31-28(32)35)11-20-12-24(36-3)25(13-23(20)29)37-15-19-7-5-4-6-18(19)14-30/h4-13H,15H2,1-3H3,(H,31,33,35)/b22-11+. The first kappa shape index (κ1) is 25.7. The quantitative estimate of drug-likeness (QED) is 0.328. The highest BCUT2D eigenvalue weighted by atomic mass is 79.9. The number of carbonyl (C=O) groups is 3. The Morgan fingerprint density at radius 1 is 1.03 bits per heavy atom. The molecule has 1 N–H and O–H groups in total. The molecule has 4 rings (SSSR count). The van der Waals surface area contributed by atoms with Gasteiger partial charge in [0.15, 0.2) is 11.5 Å². The molecule has 0 radical (unpaired) electrons. The molecule has 1 aliphatic heterocycles. The molecule has 1 saturated heterocycles. The van der Waals surface area contributed by atoms with Crippen molar-refractivity contribution in [3.63, 3.8) is 0 Å². The third kappa shape index (κ3) is 5.25. The van der Waals surface area contributed by atoms with Gasteiger partial charge in [-0.1, -0.05) is 40.2 Å². The van der Waals surface area contributed by atoms with Gasteiger partial charge >= 0.3 is 6.03 Å². The number of carbonyl (C=O) groups excluding carboxylic acids is 3. The second-order valence-electron chi connectivity index (χ2n) is 8.31. The number of hydrogen-bond donors (Lipinski definition) is 1. The molecule has 9 heteroatoms. The molecule has 186 valence electrons. The number of amides is 4. The number of nitrogens with zero attached hydrogens (tertiary/aromatic N) is 2. The van der Waals surface area contributed by atoms with Crippen molar-refractivity contribution in [3.8, 4) is 17.6 Å². The summed E-state index contributed by atoms with van der Waals surface area (Å²) in [4.78, 5) is 39.4. The summed E-state index contributed by atoms with van der Waals surface area (Å²) >= 11 is 3.46. The SMILES string of the molecule is COc1cc(/C=C2\C(=O)NC(=O)N(c3ccc(C)c(C)c3)C2=O)c(Br)cc1OCc1ccccc1C#N. The van der Waals surface area contributed by atoms with Crippen LogP contribution in [0.3, 0.4) is 0 Å². The van der Waals surface area contributed by atoms with Gasteiger partial charge in [0.25, 0.3) is 11.8 Å². The third-order valence-corrected chi connectivity index (χ3v) is 6.64. The maximum Gasteiger partial charge on any atom is 0.335 e. The minimum atomic E-state index is -0.812. The number of aryl methyl sites for hydroxylation is 2. The normalized spacial score (nSPS) is 14.4. The van der Waals surface area contributed by atoms with Crippen LogP contribution in [0.1, 0.15) is 27.8 Å². The van der Waals surface area contributed by atoms with Crippen molar-refractivity contribution in [3.05, 3.63) is 92.5 Å². The highest BCUT2D eigenvalue weighted by molar-refractivity contribution is 9.10. The van der Waals surface area contributed by atoms with E-state index in [9.17, 15) is 19.6 Å². The van der Waals surface area contributed by atoms with Crippen LogP contribution in [0.15, 0.2) is 64.6 Å². The van der Waals surface area contributed by atoms with Crippen LogP contribution >= 0.6 is 15.9 Å². The average molecular weight is 560 g/mol. The lowest BCUT2D eigenvalue weighted by Gasteiger charge is -2.27. The highest BCUT2D eigenvalue weighted by Crippen LogP contribution is 2.36. The van der Waals surface area contributed by atoms with Gasteiger partial charge in [-0.2, -0.15) is 5.26 Å². The van der Waals surface area contributed by atoms with Crippen molar-refractivity contribution in [2.75, 3.05) is 12.0 Å². The molecule has 0 atom stereocenters. The summed E-state index contributed by atoms with van der Waals surface area (Å²) < 4.78 is 11.9. The smallest absolute Gasteiger partial charge is 0.335 e. The summed E-state index contributed by atoms with van der Waals surface area (Å²) in [6, 6.07) is 16.9. The summed E-state index contributed by atoms with van der Waals surface area (Å²) in [6.45, 7) is 3.94. The van der Waals surface area contributed by atoms with Gasteiger partial charge in [0, 0.05) is 10.0 Å². The molecule has 0 saturated carbocycles. The van der Waals surface area contributed by atoms with E-state index in [-0.39, 0.29) is 12.2 Å². The Hall–Kier alpha value is -4.42. The lowest BCUT2D eigenvalue weighted by atomic mass is 10.0. The highest BCUT2D eigenvalue weighted by Gasteiger charge is 2.37. The first-order valence-electron chi connectivity index (χ1n) is 11.2. The molecule has 1 fully saturated rings. The number of imide groups is 2. The zero-order valence-electron chi connectivity index (χ0n) is 20.3. The monoisotopic (exact) mass is 559 g/mol. The van der Waals surface area contributed by atoms with Crippen LogP contribution < -0.4 is 19.7 Å². The topological polar surface area (TPSA) is 109 Å². The van der Waals surface area contributed by atoms with Crippen LogP contribution in [0.5, 0.6) is 11.5 Å². The van der Waals surface area contributed by atoms with Gasteiger partial charge in [0.2, 0.25) is 0 Å². The fraction of sp³-hybridized carbons (Fsp3) is 0.143. The number of anilines is 1. The summed E-state index contributed by atoms with van der Waals surface area (Å²) in [6.07, 6.45) is 1.39. The van der Waals surface area contributed by atoms with Gasteiger partial charge in [0.05, 0.1) is 24.4 Å². The largest absolute Gasteiger partial charge is 0.493 e. The Morgan fingerprint density at radius 3 is 2.49 bits per heavy atom. The fourth-order valence-corrected chi connectivity index (χ4v) is 4.19.